The number of thiophene rings is 1. The number of rotatable bonds is 8. The number of hydrogen-bond donors (Lipinski definition) is 3. The van der Waals surface area contributed by atoms with Crippen LogP contribution in [0.25, 0.3) is 0 Å². The number of aliphatic hydroxyl groups excluding tert-OH is 1. The van der Waals surface area contributed by atoms with Crippen molar-refractivity contribution in [3.8, 4) is 0 Å². The van der Waals surface area contributed by atoms with E-state index in [9.17, 15) is 9.90 Å². The molecule has 0 radical (unpaired) electrons. The Hall–Kier alpha value is -0.950. The molecule has 17 heavy (non-hydrogen) atoms. The maximum atomic E-state index is 11.3. The van der Waals surface area contributed by atoms with Gasteiger partial charge in [0, 0.05) is 20.2 Å². The van der Waals surface area contributed by atoms with Crippen LogP contribution in [0.1, 0.15) is 11.7 Å². The third kappa shape index (κ3) is 5.78. The third-order valence-electron chi connectivity index (χ3n) is 2.18. The molecule has 5 nitrogen and oxygen atoms in total. The molecule has 0 aliphatic carbocycles. The van der Waals surface area contributed by atoms with E-state index in [1.54, 1.807) is 18.4 Å². The molecule has 1 aromatic heterocycles. The fraction of sp³-hybridized carbons (Fsp3) is 0.545. The first kappa shape index (κ1) is 14.1. The van der Waals surface area contributed by atoms with Crippen LogP contribution >= 0.6 is 11.3 Å². The molecule has 1 rings (SSSR count). The predicted octanol–water partition coefficient (Wildman–Crippen LogP) is 0.134. The van der Waals surface area contributed by atoms with Crippen LogP contribution in [0.3, 0.4) is 0 Å². The minimum Gasteiger partial charge on any atom is -0.387 e. The van der Waals surface area contributed by atoms with Gasteiger partial charge in [-0.2, -0.15) is 11.3 Å². The van der Waals surface area contributed by atoms with Crippen molar-refractivity contribution in [2.75, 3.05) is 33.4 Å². The highest BCUT2D eigenvalue weighted by molar-refractivity contribution is 7.07. The molecule has 0 bridgehead atoms. The second-order valence-corrected chi connectivity index (χ2v) is 4.33. The zero-order chi connectivity index (χ0) is 12.5. The lowest BCUT2D eigenvalue weighted by molar-refractivity contribution is -0.120. The molecule has 6 heteroatoms. The smallest absolute Gasteiger partial charge is 0.234 e. The van der Waals surface area contributed by atoms with Gasteiger partial charge in [-0.25, -0.2) is 0 Å². The number of methoxy groups -OCH3 is 1. The van der Waals surface area contributed by atoms with E-state index in [0.717, 1.165) is 5.56 Å². The number of nitrogens with one attached hydrogen (secondary N) is 2. The summed E-state index contributed by atoms with van der Waals surface area (Å²) in [6.07, 6.45) is -0.562. The van der Waals surface area contributed by atoms with Gasteiger partial charge in [-0.1, -0.05) is 0 Å². The minimum atomic E-state index is -0.562. The Morgan fingerprint density at radius 1 is 1.65 bits per heavy atom. The number of aliphatic hydroxyl groups is 1. The van der Waals surface area contributed by atoms with Crippen LogP contribution in [0.15, 0.2) is 16.8 Å². The van der Waals surface area contributed by atoms with E-state index >= 15 is 0 Å². The zero-order valence-electron chi connectivity index (χ0n) is 9.81. The molecule has 1 heterocycles. The van der Waals surface area contributed by atoms with Crippen LogP contribution in [-0.4, -0.2) is 44.4 Å². The van der Waals surface area contributed by atoms with Gasteiger partial charge >= 0.3 is 0 Å². The van der Waals surface area contributed by atoms with Gasteiger partial charge < -0.3 is 20.5 Å². The van der Waals surface area contributed by atoms with Gasteiger partial charge in [-0.15, -0.1) is 0 Å². The summed E-state index contributed by atoms with van der Waals surface area (Å²) >= 11 is 1.54. The molecule has 0 aliphatic rings. The second kappa shape index (κ2) is 8.19. The number of ether oxygens (including phenoxy) is 1. The lowest BCUT2D eigenvalue weighted by atomic mass is 10.2. The lowest BCUT2D eigenvalue weighted by Crippen LogP contribution is -2.37. The molecule has 0 saturated carbocycles. The standard InChI is InChI=1S/C11H18N2O3S/c1-16-4-3-13-11(15)7-12-6-10(14)9-2-5-17-8-9/h2,5,8,10,12,14H,3-4,6-7H2,1H3,(H,13,15). The van der Waals surface area contributed by atoms with Gasteiger partial charge in [0.2, 0.25) is 5.91 Å². The topological polar surface area (TPSA) is 70.6 Å². The van der Waals surface area contributed by atoms with Gasteiger partial charge in [0.1, 0.15) is 0 Å². The monoisotopic (exact) mass is 258 g/mol. The number of amides is 1. The highest BCUT2D eigenvalue weighted by atomic mass is 32.1. The highest BCUT2D eigenvalue weighted by Crippen LogP contribution is 2.14. The Balaban J connectivity index is 2.09. The first-order chi connectivity index (χ1) is 8.24. The molecule has 1 unspecified atom stereocenters. The van der Waals surface area contributed by atoms with Crippen LogP contribution < -0.4 is 10.6 Å². The van der Waals surface area contributed by atoms with Crippen LogP contribution in [0.5, 0.6) is 0 Å². The SMILES string of the molecule is COCCNC(=O)CNCC(O)c1ccsc1. The average molecular weight is 258 g/mol. The molecule has 1 amide bonds. The number of carbonyl (C=O) groups excluding carboxylic acids is 1. The summed E-state index contributed by atoms with van der Waals surface area (Å²) in [6, 6.07) is 1.87. The summed E-state index contributed by atoms with van der Waals surface area (Å²) in [5, 5.41) is 19.1. The van der Waals surface area contributed by atoms with Crippen LogP contribution in [0, 0.1) is 0 Å². The molecule has 3 N–H and O–H groups in total. The fourth-order valence-electron chi connectivity index (χ4n) is 1.26. The molecule has 1 atom stereocenters. The Kier molecular flexibility index (Phi) is 6.80. The fourth-order valence-corrected chi connectivity index (χ4v) is 1.97. The number of hydrogen-bond acceptors (Lipinski definition) is 5. The Morgan fingerprint density at radius 2 is 2.47 bits per heavy atom. The van der Waals surface area contributed by atoms with Crippen LogP contribution in [0.4, 0.5) is 0 Å². The maximum Gasteiger partial charge on any atom is 0.234 e. The summed E-state index contributed by atoms with van der Waals surface area (Å²) in [5.41, 5.74) is 0.877. The number of carbonyl (C=O) groups is 1. The molecule has 0 saturated heterocycles. The van der Waals surface area contributed by atoms with Gasteiger partial charge in [-0.05, 0) is 22.4 Å². The lowest BCUT2D eigenvalue weighted by Gasteiger charge is -2.10. The Bertz CT molecular complexity index is 317. The molecule has 0 fully saturated rings. The van der Waals surface area contributed by atoms with Crippen molar-refractivity contribution >= 4 is 17.2 Å². The molecular formula is C11H18N2O3S. The van der Waals surface area contributed by atoms with E-state index < -0.39 is 6.10 Å². The first-order valence-corrected chi connectivity index (χ1v) is 6.35. The zero-order valence-corrected chi connectivity index (χ0v) is 10.6. The van der Waals surface area contributed by atoms with Crippen LogP contribution in [0.2, 0.25) is 0 Å². The molecule has 0 aromatic carbocycles. The van der Waals surface area contributed by atoms with E-state index in [4.69, 9.17) is 4.74 Å². The minimum absolute atomic E-state index is 0.0976. The van der Waals surface area contributed by atoms with E-state index in [2.05, 4.69) is 10.6 Å². The quantitative estimate of drug-likeness (QED) is 0.580. The normalized spacial score (nSPS) is 12.4. The summed E-state index contributed by atoms with van der Waals surface area (Å²) in [7, 11) is 1.58. The van der Waals surface area contributed by atoms with E-state index in [-0.39, 0.29) is 12.5 Å². The van der Waals surface area contributed by atoms with Crippen molar-refractivity contribution in [1.82, 2.24) is 10.6 Å². The van der Waals surface area contributed by atoms with E-state index in [1.807, 2.05) is 16.8 Å². The van der Waals surface area contributed by atoms with Crippen molar-refractivity contribution in [2.24, 2.45) is 0 Å². The van der Waals surface area contributed by atoms with E-state index in [1.165, 1.54) is 0 Å². The van der Waals surface area contributed by atoms with E-state index in [0.29, 0.717) is 19.7 Å². The highest BCUT2D eigenvalue weighted by Gasteiger charge is 2.08. The molecule has 0 aliphatic heterocycles. The summed E-state index contributed by atoms with van der Waals surface area (Å²) in [4.78, 5) is 11.3. The Morgan fingerprint density at radius 3 is 3.12 bits per heavy atom. The van der Waals surface area contributed by atoms with Gasteiger partial charge in [0.25, 0.3) is 0 Å². The third-order valence-corrected chi connectivity index (χ3v) is 2.88. The molecule has 96 valence electrons. The summed E-state index contributed by atoms with van der Waals surface area (Å²) in [5.74, 6) is -0.0976. The first-order valence-electron chi connectivity index (χ1n) is 5.40. The van der Waals surface area contributed by atoms with Gasteiger partial charge in [0.15, 0.2) is 0 Å². The van der Waals surface area contributed by atoms with Crippen molar-refractivity contribution in [3.63, 3.8) is 0 Å². The average Bonchev–Trinajstić information content (AvgIpc) is 2.82. The second-order valence-electron chi connectivity index (χ2n) is 3.55. The predicted molar refractivity (Wildman–Crippen MR) is 67.0 cm³/mol. The molecular weight excluding hydrogens is 240 g/mol. The van der Waals surface area contributed by atoms with Gasteiger partial charge in [-0.3, -0.25) is 4.79 Å². The van der Waals surface area contributed by atoms with Crippen molar-refractivity contribution in [3.05, 3.63) is 22.4 Å². The van der Waals surface area contributed by atoms with Crippen molar-refractivity contribution in [2.45, 2.75) is 6.10 Å². The van der Waals surface area contributed by atoms with Crippen LogP contribution in [-0.2, 0) is 9.53 Å². The molecule has 1 aromatic rings. The van der Waals surface area contributed by atoms with Crippen molar-refractivity contribution in [1.29, 1.82) is 0 Å². The maximum absolute atomic E-state index is 11.3. The Labute approximate surface area is 105 Å². The molecule has 0 spiro atoms. The summed E-state index contributed by atoms with van der Waals surface area (Å²) in [6.45, 7) is 1.58. The summed E-state index contributed by atoms with van der Waals surface area (Å²) < 4.78 is 4.81. The van der Waals surface area contributed by atoms with Gasteiger partial charge in [0.05, 0.1) is 19.3 Å². The van der Waals surface area contributed by atoms with Crippen molar-refractivity contribution < 1.29 is 14.6 Å². The largest absolute Gasteiger partial charge is 0.387 e.